The fourth-order valence-electron chi connectivity index (χ4n) is 3.22. The van der Waals surface area contributed by atoms with Crippen molar-refractivity contribution in [3.8, 4) is 5.75 Å². The second-order valence-electron chi connectivity index (χ2n) is 7.80. The van der Waals surface area contributed by atoms with Crippen molar-refractivity contribution in [2.24, 2.45) is 0 Å². The van der Waals surface area contributed by atoms with Crippen LogP contribution in [-0.2, 0) is 4.74 Å². The lowest BCUT2D eigenvalue weighted by Gasteiger charge is -2.13. The van der Waals surface area contributed by atoms with E-state index in [1.165, 1.54) is 0 Å². The maximum atomic E-state index is 12.6. The molecule has 3 amide bonds. The van der Waals surface area contributed by atoms with E-state index in [0.29, 0.717) is 42.4 Å². The zero-order valence-corrected chi connectivity index (χ0v) is 21.3. The summed E-state index contributed by atoms with van der Waals surface area (Å²) in [7, 11) is 0. The Morgan fingerprint density at radius 3 is 2.30 bits per heavy atom. The molecule has 0 saturated carbocycles. The monoisotopic (exact) mass is 520 g/mol. The molecule has 0 saturated heterocycles. The third-order valence-corrected chi connectivity index (χ3v) is 5.23. The summed E-state index contributed by atoms with van der Waals surface area (Å²) in [5.74, 6) is -0.827. The summed E-state index contributed by atoms with van der Waals surface area (Å²) in [4.78, 5) is 37.5. The second kappa shape index (κ2) is 13.7. The fourth-order valence-corrected chi connectivity index (χ4v) is 3.36. The first kappa shape index (κ1) is 27.3. The van der Waals surface area contributed by atoms with Crippen molar-refractivity contribution in [3.05, 3.63) is 95.1 Å². The zero-order valence-electron chi connectivity index (χ0n) is 20.5. The first-order chi connectivity index (χ1) is 17.9. The van der Waals surface area contributed by atoms with Gasteiger partial charge in [0.05, 0.1) is 12.2 Å². The van der Waals surface area contributed by atoms with Gasteiger partial charge in [-0.15, -0.1) is 0 Å². The molecule has 0 atom stereocenters. The minimum absolute atomic E-state index is 0.0930. The molecule has 0 fully saturated rings. The van der Waals surface area contributed by atoms with E-state index in [9.17, 15) is 14.4 Å². The Morgan fingerprint density at radius 2 is 1.57 bits per heavy atom. The van der Waals surface area contributed by atoms with Crippen LogP contribution in [0.2, 0.25) is 0 Å². The molecular weight excluding hydrogens is 492 g/mol. The number of carbonyl (C=O) groups is 3. The minimum atomic E-state index is -0.493. The third kappa shape index (κ3) is 8.41. The van der Waals surface area contributed by atoms with Gasteiger partial charge < -0.3 is 14.8 Å². The molecule has 4 N–H and O–H groups in total. The number of aryl methyl sites for hydroxylation is 1. The molecule has 192 valence electrons. The fraction of sp³-hybridized carbons (Fsp3) is 0.185. The lowest BCUT2D eigenvalue weighted by molar-refractivity contribution is 0.0931. The molecule has 0 bridgehead atoms. The Labute approximate surface area is 220 Å². The number of para-hydroxylation sites is 1. The van der Waals surface area contributed by atoms with Gasteiger partial charge in [-0.25, -0.2) is 0 Å². The number of anilines is 1. The standard InChI is InChI=1S/C27H28N4O5S/c1-3-35-15-16-36-23-10-5-4-9-22(23)26(34)29-27(37)31-30-25(33)19-11-13-21(14-12-19)28-24(32)20-8-6-7-18(2)17-20/h4-14,17H,3,15-16H2,1-2H3,(H,28,32)(H,30,33)(H2,29,31,34,37). The zero-order chi connectivity index (χ0) is 26.6. The summed E-state index contributed by atoms with van der Waals surface area (Å²) in [5, 5.41) is 5.20. The van der Waals surface area contributed by atoms with Gasteiger partial charge in [-0.05, 0) is 74.6 Å². The van der Waals surface area contributed by atoms with E-state index in [-0.39, 0.29) is 16.6 Å². The number of hydrogen-bond donors (Lipinski definition) is 4. The lowest BCUT2D eigenvalue weighted by atomic mass is 10.1. The summed E-state index contributed by atoms with van der Waals surface area (Å²) in [5.41, 5.74) is 7.61. The molecule has 0 heterocycles. The maximum absolute atomic E-state index is 12.6. The van der Waals surface area contributed by atoms with E-state index >= 15 is 0 Å². The van der Waals surface area contributed by atoms with Crippen molar-refractivity contribution >= 4 is 40.7 Å². The van der Waals surface area contributed by atoms with Gasteiger partial charge in [0.25, 0.3) is 17.7 Å². The molecule has 0 unspecified atom stereocenters. The van der Waals surface area contributed by atoms with Crippen molar-refractivity contribution in [2.45, 2.75) is 13.8 Å². The first-order valence-corrected chi connectivity index (χ1v) is 12.0. The first-order valence-electron chi connectivity index (χ1n) is 11.6. The number of hydrogen-bond acceptors (Lipinski definition) is 6. The Hall–Kier alpha value is -4.28. The van der Waals surface area contributed by atoms with Gasteiger partial charge in [0, 0.05) is 23.4 Å². The van der Waals surface area contributed by atoms with Crippen molar-refractivity contribution in [1.29, 1.82) is 0 Å². The Morgan fingerprint density at radius 1 is 0.811 bits per heavy atom. The van der Waals surface area contributed by atoms with E-state index in [1.807, 2.05) is 26.0 Å². The average molecular weight is 521 g/mol. The number of thiocarbonyl (C=S) groups is 1. The molecule has 0 aliphatic rings. The van der Waals surface area contributed by atoms with Crippen molar-refractivity contribution in [1.82, 2.24) is 16.2 Å². The SMILES string of the molecule is CCOCCOc1ccccc1C(=O)NC(=S)NNC(=O)c1ccc(NC(=O)c2cccc(C)c2)cc1. The van der Waals surface area contributed by atoms with Crippen LogP contribution in [0.5, 0.6) is 5.75 Å². The molecule has 3 rings (SSSR count). The molecule has 10 heteroatoms. The average Bonchev–Trinajstić information content (AvgIpc) is 2.90. The lowest BCUT2D eigenvalue weighted by Crippen LogP contribution is -2.48. The molecule has 0 aliphatic carbocycles. The molecule has 0 spiro atoms. The maximum Gasteiger partial charge on any atom is 0.269 e. The van der Waals surface area contributed by atoms with E-state index in [1.54, 1.807) is 60.7 Å². The number of hydrazine groups is 1. The van der Waals surface area contributed by atoms with E-state index in [4.69, 9.17) is 21.7 Å². The largest absolute Gasteiger partial charge is 0.490 e. The highest BCUT2D eigenvalue weighted by Gasteiger charge is 2.14. The van der Waals surface area contributed by atoms with Crippen LogP contribution in [0.3, 0.4) is 0 Å². The molecule has 3 aromatic carbocycles. The molecule has 37 heavy (non-hydrogen) atoms. The number of benzene rings is 3. The highest BCUT2D eigenvalue weighted by molar-refractivity contribution is 7.80. The van der Waals surface area contributed by atoms with Crippen molar-refractivity contribution in [2.75, 3.05) is 25.1 Å². The van der Waals surface area contributed by atoms with Gasteiger partial charge in [-0.3, -0.25) is 30.6 Å². The summed E-state index contributed by atoms with van der Waals surface area (Å²) in [6, 6.07) is 20.3. The molecular formula is C27H28N4O5S. The van der Waals surface area contributed by atoms with Gasteiger partial charge in [0.15, 0.2) is 5.11 Å². The summed E-state index contributed by atoms with van der Waals surface area (Å²) >= 11 is 5.12. The molecule has 9 nitrogen and oxygen atoms in total. The van der Waals surface area contributed by atoms with Crippen LogP contribution in [0.1, 0.15) is 43.6 Å². The number of ether oxygens (including phenoxy) is 2. The normalized spacial score (nSPS) is 10.2. The van der Waals surface area contributed by atoms with Crippen LogP contribution in [0, 0.1) is 6.92 Å². The van der Waals surface area contributed by atoms with Gasteiger partial charge in [0.1, 0.15) is 12.4 Å². The van der Waals surface area contributed by atoms with Crippen LogP contribution in [-0.4, -0.2) is 42.7 Å². The van der Waals surface area contributed by atoms with Crippen LogP contribution in [0.25, 0.3) is 0 Å². The highest BCUT2D eigenvalue weighted by atomic mass is 32.1. The Bertz CT molecular complexity index is 1260. The number of amides is 3. The quantitative estimate of drug-likeness (QED) is 0.193. The van der Waals surface area contributed by atoms with E-state index in [2.05, 4.69) is 21.5 Å². The number of rotatable bonds is 9. The smallest absolute Gasteiger partial charge is 0.269 e. The van der Waals surface area contributed by atoms with E-state index < -0.39 is 11.8 Å². The van der Waals surface area contributed by atoms with Gasteiger partial charge in [0.2, 0.25) is 0 Å². The topological polar surface area (TPSA) is 118 Å². The Balaban J connectivity index is 1.49. The van der Waals surface area contributed by atoms with Crippen LogP contribution < -0.4 is 26.2 Å². The van der Waals surface area contributed by atoms with Crippen molar-refractivity contribution in [3.63, 3.8) is 0 Å². The van der Waals surface area contributed by atoms with Gasteiger partial charge in [-0.2, -0.15) is 0 Å². The Kier molecular flexibility index (Phi) is 10.1. The molecule has 0 radical (unpaired) electrons. The predicted molar refractivity (Wildman–Crippen MR) is 145 cm³/mol. The second-order valence-corrected chi connectivity index (χ2v) is 8.21. The minimum Gasteiger partial charge on any atom is -0.490 e. The molecule has 0 aromatic heterocycles. The summed E-state index contributed by atoms with van der Waals surface area (Å²) < 4.78 is 10.9. The van der Waals surface area contributed by atoms with Gasteiger partial charge >= 0.3 is 0 Å². The van der Waals surface area contributed by atoms with E-state index in [0.717, 1.165) is 5.56 Å². The summed E-state index contributed by atoms with van der Waals surface area (Å²) in [6.45, 7) is 5.07. The molecule has 0 aliphatic heterocycles. The highest BCUT2D eigenvalue weighted by Crippen LogP contribution is 2.18. The van der Waals surface area contributed by atoms with Gasteiger partial charge in [-0.1, -0.05) is 29.8 Å². The molecule has 3 aromatic rings. The number of carbonyl (C=O) groups excluding carboxylic acids is 3. The number of nitrogens with one attached hydrogen (secondary N) is 4. The van der Waals surface area contributed by atoms with Crippen molar-refractivity contribution < 1.29 is 23.9 Å². The summed E-state index contributed by atoms with van der Waals surface area (Å²) in [6.07, 6.45) is 0. The third-order valence-electron chi connectivity index (χ3n) is 5.02. The predicted octanol–water partition coefficient (Wildman–Crippen LogP) is 3.61. The van der Waals surface area contributed by atoms with Crippen LogP contribution in [0.4, 0.5) is 5.69 Å². The van der Waals surface area contributed by atoms with Crippen LogP contribution >= 0.6 is 12.2 Å². The van der Waals surface area contributed by atoms with Crippen LogP contribution in [0.15, 0.2) is 72.8 Å².